The molecular weight excluding hydrogens is 321 g/mol. The van der Waals surface area contributed by atoms with Gasteiger partial charge >= 0.3 is 0 Å². The largest absolute Gasteiger partial charge is 0.356 e. The Balaban J connectivity index is 1.49. The van der Waals surface area contributed by atoms with Crippen LogP contribution in [0.2, 0.25) is 0 Å². The summed E-state index contributed by atoms with van der Waals surface area (Å²) < 4.78 is 14.8. The van der Waals surface area contributed by atoms with Crippen LogP contribution in [0.5, 0.6) is 0 Å². The fourth-order valence-corrected chi connectivity index (χ4v) is 3.41. The van der Waals surface area contributed by atoms with Crippen LogP contribution >= 0.6 is 0 Å². The minimum atomic E-state index is -0.324. The van der Waals surface area contributed by atoms with Gasteiger partial charge in [0.25, 0.3) is 0 Å². The molecule has 128 valence electrons. The van der Waals surface area contributed by atoms with Crippen molar-refractivity contribution in [2.75, 3.05) is 18.0 Å². The third-order valence-electron chi connectivity index (χ3n) is 4.80. The van der Waals surface area contributed by atoms with Gasteiger partial charge < -0.3 is 4.90 Å². The maximum absolute atomic E-state index is 13.0. The first-order chi connectivity index (χ1) is 12.1. The number of piperidine rings is 1. The Hall–Kier alpha value is -2.83. The van der Waals surface area contributed by atoms with E-state index in [1.54, 1.807) is 29.3 Å². The molecule has 2 aromatic heterocycles. The summed E-state index contributed by atoms with van der Waals surface area (Å²) in [7, 11) is 1.85. The molecular formula is C18H18FN5O. The summed E-state index contributed by atoms with van der Waals surface area (Å²) in [6.45, 7) is 1.50. The van der Waals surface area contributed by atoms with Gasteiger partial charge in [-0.05, 0) is 37.1 Å². The zero-order valence-corrected chi connectivity index (χ0v) is 13.9. The average Bonchev–Trinajstić information content (AvgIpc) is 3.03. The second-order valence-electron chi connectivity index (χ2n) is 6.34. The summed E-state index contributed by atoms with van der Waals surface area (Å²) in [6, 6.07) is 5.80. The van der Waals surface area contributed by atoms with Crippen molar-refractivity contribution in [1.29, 1.82) is 0 Å². The van der Waals surface area contributed by atoms with E-state index in [4.69, 9.17) is 0 Å². The minimum absolute atomic E-state index is 0.0343. The Kier molecular flexibility index (Phi) is 3.91. The molecule has 25 heavy (non-hydrogen) atoms. The van der Waals surface area contributed by atoms with Crippen LogP contribution in [0.4, 0.5) is 10.2 Å². The predicted molar refractivity (Wildman–Crippen MR) is 92.0 cm³/mol. The van der Waals surface area contributed by atoms with Crippen LogP contribution in [0.25, 0.3) is 11.0 Å². The molecule has 0 saturated carbocycles. The molecule has 3 aromatic rings. The number of anilines is 1. The molecule has 1 fully saturated rings. The molecule has 1 aliphatic heterocycles. The molecule has 1 aromatic carbocycles. The lowest BCUT2D eigenvalue weighted by molar-refractivity contribution is 0.0900. The fraction of sp³-hybridized carbons (Fsp3) is 0.333. The zero-order valence-electron chi connectivity index (χ0n) is 13.9. The lowest BCUT2D eigenvalue weighted by Gasteiger charge is -2.32. The molecule has 0 amide bonds. The first-order valence-electron chi connectivity index (χ1n) is 8.31. The number of hydrogen-bond acceptors (Lipinski definition) is 5. The molecule has 0 aliphatic carbocycles. The number of carbonyl (C=O) groups is 1. The molecule has 4 rings (SSSR count). The van der Waals surface area contributed by atoms with Crippen molar-refractivity contribution in [1.82, 2.24) is 19.7 Å². The van der Waals surface area contributed by atoms with Crippen LogP contribution in [0.1, 0.15) is 23.2 Å². The molecule has 3 heterocycles. The van der Waals surface area contributed by atoms with Crippen molar-refractivity contribution >= 4 is 22.6 Å². The maximum atomic E-state index is 13.0. The highest BCUT2D eigenvalue weighted by Gasteiger charge is 2.27. The quantitative estimate of drug-likeness (QED) is 0.686. The van der Waals surface area contributed by atoms with Gasteiger partial charge in [0, 0.05) is 31.6 Å². The summed E-state index contributed by atoms with van der Waals surface area (Å²) in [5.74, 6) is 0.600. The summed E-state index contributed by atoms with van der Waals surface area (Å²) in [6.07, 6.45) is 4.83. The van der Waals surface area contributed by atoms with Gasteiger partial charge in [0.1, 0.15) is 18.0 Å². The summed E-state index contributed by atoms with van der Waals surface area (Å²) in [5.41, 5.74) is 1.38. The first-order valence-corrected chi connectivity index (χ1v) is 8.31. The van der Waals surface area contributed by atoms with E-state index in [0.29, 0.717) is 5.56 Å². The number of fused-ring (bicyclic) bond motifs is 1. The van der Waals surface area contributed by atoms with Crippen LogP contribution in [-0.4, -0.2) is 38.6 Å². The number of Topliss-reactive ketones (excluding diaryl/α,β-unsaturated/α-hetero) is 1. The number of nitrogens with zero attached hydrogens (tertiary/aromatic N) is 5. The predicted octanol–water partition coefficient (Wildman–Crippen LogP) is 2.60. The van der Waals surface area contributed by atoms with E-state index < -0.39 is 0 Å². The summed E-state index contributed by atoms with van der Waals surface area (Å²) in [5, 5.41) is 5.17. The van der Waals surface area contributed by atoms with Crippen molar-refractivity contribution in [3.05, 3.63) is 48.2 Å². The number of hydrogen-bond donors (Lipinski definition) is 0. The molecule has 1 aliphatic rings. The Morgan fingerprint density at radius 3 is 2.60 bits per heavy atom. The van der Waals surface area contributed by atoms with Gasteiger partial charge in [0.15, 0.2) is 11.4 Å². The standard InChI is InChI=1S/C18H18FN5O/c1-23-17-15(10-22-23)18(21-11-20-17)24-8-6-13(7-9-24)16(25)12-2-4-14(19)5-3-12/h2-5,10-11,13H,6-9H2,1H3. The van der Waals surface area contributed by atoms with Crippen molar-refractivity contribution in [2.24, 2.45) is 13.0 Å². The van der Waals surface area contributed by atoms with Crippen molar-refractivity contribution in [2.45, 2.75) is 12.8 Å². The second kappa shape index (κ2) is 6.23. The normalized spacial score (nSPS) is 15.7. The zero-order chi connectivity index (χ0) is 17.4. The molecule has 0 bridgehead atoms. The van der Waals surface area contributed by atoms with E-state index in [9.17, 15) is 9.18 Å². The number of aromatic nitrogens is 4. The average molecular weight is 339 g/mol. The van der Waals surface area contributed by atoms with E-state index in [-0.39, 0.29) is 17.5 Å². The van der Waals surface area contributed by atoms with Gasteiger partial charge in [-0.2, -0.15) is 5.10 Å². The van der Waals surface area contributed by atoms with Gasteiger partial charge in [0.2, 0.25) is 0 Å². The second-order valence-corrected chi connectivity index (χ2v) is 6.34. The third-order valence-corrected chi connectivity index (χ3v) is 4.80. The minimum Gasteiger partial charge on any atom is -0.356 e. The highest BCUT2D eigenvalue weighted by atomic mass is 19.1. The molecule has 0 unspecified atom stereocenters. The Bertz CT molecular complexity index is 913. The SMILES string of the molecule is Cn1ncc2c(N3CCC(C(=O)c4ccc(F)cc4)CC3)ncnc21. The van der Waals surface area contributed by atoms with Gasteiger partial charge in [-0.1, -0.05) is 0 Å². The third kappa shape index (κ3) is 2.86. The smallest absolute Gasteiger partial charge is 0.166 e. The van der Waals surface area contributed by atoms with Crippen molar-refractivity contribution in [3.8, 4) is 0 Å². The van der Waals surface area contributed by atoms with E-state index in [0.717, 1.165) is 42.8 Å². The lowest BCUT2D eigenvalue weighted by Crippen LogP contribution is -2.37. The van der Waals surface area contributed by atoms with E-state index in [2.05, 4.69) is 20.0 Å². The highest BCUT2D eigenvalue weighted by molar-refractivity contribution is 5.98. The van der Waals surface area contributed by atoms with Crippen LogP contribution < -0.4 is 4.90 Å². The number of benzene rings is 1. The molecule has 6 nitrogen and oxygen atoms in total. The molecule has 1 saturated heterocycles. The van der Waals surface area contributed by atoms with Crippen LogP contribution in [0.3, 0.4) is 0 Å². The van der Waals surface area contributed by atoms with E-state index in [1.807, 2.05) is 7.05 Å². The number of halogens is 1. The Morgan fingerprint density at radius 2 is 1.88 bits per heavy atom. The van der Waals surface area contributed by atoms with Gasteiger partial charge in [-0.15, -0.1) is 0 Å². The fourth-order valence-electron chi connectivity index (χ4n) is 3.41. The first kappa shape index (κ1) is 15.7. The summed E-state index contributed by atoms with van der Waals surface area (Å²) in [4.78, 5) is 23.5. The van der Waals surface area contributed by atoms with E-state index in [1.165, 1.54) is 12.1 Å². The number of rotatable bonds is 3. The summed E-state index contributed by atoms with van der Waals surface area (Å²) >= 11 is 0. The van der Waals surface area contributed by atoms with E-state index >= 15 is 0 Å². The van der Waals surface area contributed by atoms with Crippen LogP contribution in [0.15, 0.2) is 36.8 Å². The monoisotopic (exact) mass is 339 g/mol. The van der Waals surface area contributed by atoms with Crippen molar-refractivity contribution in [3.63, 3.8) is 0 Å². The molecule has 0 N–H and O–H groups in total. The molecule has 0 spiro atoms. The number of aryl methyl sites for hydroxylation is 1. The van der Waals surface area contributed by atoms with Crippen LogP contribution in [0, 0.1) is 11.7 Å². The van der Waals surface area contributed by atoms with Crippen molar-refractivity contribution < 1.29 is 9.18 Å². The Morgan fingerprint density at radius 1 is 1.16 bits per heavy atom. The van der Waals surface area contributed by atoms with Gasteiger partial charge in [0.05, 0.1) is 11.6 Å². The number of ketones is 1. The maximum Gasteiger partial charge on any atom is 0.166 e. The molecule has 0 radical (unpaired) electrons. The van der Waals surface area contributed by atoms with Gasteiger partial charge in [-0.3, -0.25) is 9.48 Å². The Labute approximate surface area is 144 Å². The van der Waals surface area contributed by atoms with Gasteiger partial charge in [-0.25, -0.2) is 14.4 Å². The molecule has 7 heteroatoms. The highest BCUT2D eigenvalue weighted by Crippen LogP contribution is 2.28. The topological polar surface area (TPSA) is 63.9 Å². The molecule has 0 atom stereocenters. The lowest BCUT2D eigenvalue weighted by atomic mass is 9.89. The van der Waals surface area contributed by atoms with Crippen LogP contribution in [-0.2, 0) is 7.05 Å². The number of carbonyl (C=O) groups excluding carboxylic acids is 1.